The summed E-state index contributed by atoms with van der Waals surface area (Å²) >= 11 is 1.34. The SMILES string of the molecule is Cc1ccc2nc(NC(=O)c3c(O)c4cccc5c4n(c3=O)CC5)sc2c1. The summed E-state index contributed by atoms with van der Waals surface area (Å²) in [6, 6.07) is 11.3. The lowest BCUT2D eigenvalue weighted by Crippen LogP contribution is -2.28. The quantitative estimate of drug-likeness (QED) is 0.560. The van der Waals surface area contributed by atoms with Gasteiger partial charge in [0.2, 0.25) is 0 Å². The predicted molar refractivity (Wildman–Crippen MR) is 106 cm³/mol. The number of pyridine rings is 1. The fourth-order valence-electron chi connectivity index (χ4n) is 3.67. The van der Waals surface area contributed by atoms with Crippen LogP contribution in [0.4, 0.5) is 5.13 Å². The third-order valence-corrected chi connectivity index (χ3v) is 5.87. The molecule has 2 aromatic carbocycles. The molecule has 1 amide bonds. The number of thiazole rings is 1. The minimum atomic E-state index is -0.642. The van der Waals surface area contributed by atoms with Gasteiger partial charge in [-0.25, -0.2) is 4.98 Å². The largest absolute Gasteiger partial charge is 0.506 e. The molecule has 0 saturated carbocycles. The summed E-state index contributed by atoms with van der Waals surface area (Å²) < 4.78 is 2.52. The first-order valence-corrected chi connectivity index (χ1v) is 9.40. The van der Waals surface area contributed by atoms with E-state index in [0.29, 0.717) is 29.0 Å². The van der Waals surface area contributed by atoms with Crippen molar-refractivity contribution in [3.63, 3.8) is 0 Å². The number of anilines is 1. The number of carbonyl (C=O) groups excluding carboxylic acids is 1. The molecular formula is C20H15N3O3S. The van der Waals surface area contributed by atoms with E-state index in [4.69, 9.17) is 0 Å². The van der Waals surface area contributed by atoms with E-state index in [1.165, 1.54) is 11.3 Å². The molecule has 0 atom stereocenters. The second-order valence-corrected chi connectivity index (χ2v) is 7.72. The van der Waals surface area contributed by atoms with E-state index >= 15 is 0 Å². The van der Waals surface area contributed by atoms with E-state index in [2.05, 4.69) is 10.3 Å². The van der Waals surface area contributed by atoms with Crippen molar-refractivity contribution in [2.75, 3.05) is 5.32 Å². The summed E-state index contributed by atoms with van der Waals surface area (Å²) in [4.78, 5) is 30.0. The van der Waals surface area contributed by atoms with Crippen LogP contribution in [-0.4, -0.2) is 20.6 Å². The maximum Gasteiger partial charge on any atom is 0.267 e. The lowest BCUT2D eigenvalue weighted by atomic mass is 10.1. The van der Waals surface area contributed by atoms with Crippen LogP contribution < -0.4 is 10.9 Å². The molecule has 0 radical (unpaired) electrons. The number of amides is 1. The van der Waals surface area contributed by atoms with Gasteiger partial charge in [0.1, 0.15) is 11.3 Å². The van der Waals surface area contributed by atoms with E-state index < -0.39 is 11.5 Å². The molecule has 0 saturated heterocycles. The molecule has 1 aliphatic rings. The van der Waals surface area contributed by atoms with Gasteiger partial charge in [0.25, 0.3) is 11.5 Å². The lowest BCUT2D eigenvalue weighted by molar-refractivity contribution is 0.102. The van der Waals surface area contributed by atoms with Crippen LogP contribution in [0.2, 0.25) is 0 Å². The number of carbonyl (C=O) groups is 1. The van der Waals surface area contributed by atoms with Crippen molar-refractivity contribution in [2.24, 2.45) is 0 Å². The average Bonchev–Trinajstić information content (AvgIpc) is 3.23. The van der Waals surface area contributed by atoms with Gasteiger partial charge in [0.05, 0.1) is 15.7 Å². The Morgan fingerprint density at radius 3 is 3.00 bits per heavy atom. The summed E-state index contributed by atoms with van der Waals surface area (Å²) in [5, 5.41) is 14.2. The summed E-state index contributed by atoms with van der Waals surface area (Å²) in [5.74, 6) is -0.916. The number of fused-ring (bicyclic) bond motifs is 1. The topological polar surface area (TPSA) is 84.2 Å². The Bertz CT molecular complexity index is 1320. The predicted octanol–water partition coefficient (Wildman–Crippen LogP) is 3.43. The van der Waals surface area contributed by atoms with Crippen LogP contribution in [-0.2, 0) is 13.0 Å². The molecule has 1 aliphatic heterocycles. The van der Waals surface area contributed by atoms with Crippen LogP contribution in [0.5, 0.6) is 5.75 Å². The van der Waals surface area contributed by atoms with Crippen LogP contribution in [0.3, 0.4) is 0 Å². The number of aromatic hydroxyl groups is 1. The fraction of sp³-hybridized carbons (Fsp3) is 0.150. The van der Waals surface area contributed by atoms with Crippen LogP contribution >= 0.6 is 11.3 Å². The van der Waals surface area contributed by atoms with Crippen molar-refractivity contribution < 1.29 is 9.90 Å². The van der Waals surface area contributed by atoms with Crippen molar-refractivity contribution >= 4 is 43.5 Å². The molecule has 2 aromatic heterocycles. The number of nitrogens with zero attached hydrogens (tertiary/aromatic N) is 2. The van der Waals surface area contributed by atoms with E-state index in [1.54, 1.807) is 10.6 Å². The second kappa shape index (κ2) is 5.65. The average molecular weight is 377 g/mol. The van der Waals surface area contributed by atoms with Crippen LogP contribution in [0.1, 0.15) is 21.5 Å². The van der Waals surface area contributed by atoms with E-state index in [0.717, 1.165) is 21.3 Å². The highest BCUT2D eigenvalue weighted by molar-refractivity contribution is 7.22. The van der Waals surface area contributed by atoms with Gasteiger partial charge in [0, 0.05) is 11.9 Å². The Hall–Kier alpha value is -3.19. The zero-order valence-electron chi connectivity index (χ0n) is 14.4. The molecule has 4 aromatic rings. The smallest absolute Gasteiger partial charge is 0.267 e. The Morgan fingerprint density at radius 1 is 1.30 bits per heavy atom. The minimum Gasteiger partial charge on any atom is -0.506 e. The Labute approximate surface area is 157 Å². The molecule has 0 aliphatic carbocycles. The molecule has 0 spiro atoms. The number of hydrogen-bond acceptors (Lipinski definition) is 5. The highest BCUT2D eigenvalue weighted by atomic mass is 32.1. The summed E-state index contributed by atoms with van der Waals surface area (Å²) in [5.41, 5.74) is 2.90. The fourth-order valence-corrected chi connectivity index (χ4v) is 4.63. The number of para-hydroxylation sites is 1. The number of aromatic nitrogens is 2. The lowest BCUT2D eigenvalue weighted by Gasteiger charge is -2.10. The first kappa shape index (κ1) is 16.0. The van der Waals surface area contributed by atoms with Crippen molar-refractivity contribution in [3.8, 4) is 5.75 Å². The van der Waals surface area contributed by atoms with Gasteiger partial charge in [-0.3, -0.25) is 14.9 Å². The molecular weight excluding hydrogens is 362 g/mol. The van der Waals surface area contributed by atoms with E-state index in [9.17, 15) is 14.7 Å². The first-order valence-electron chi connectivity index (χ1n) is 8.59. The molecule has 7 heteroatoms. The minimum absolute atomic E-state index is 0.239. The molecule has 3 heterocycles. The van der Waals surface area contributed by atoms with Crippen molar-refractivity contribution in [3.05, 3.63) is 63.4 Å². The van der Waals surface area contributed by atoms with Crippen molar-refractivity contribution in [2.45, 2.75) is 19.9 Å². The maximum atomic E-state index is 12.8. The summed E-state index contributed by atoms with van der Waals surface area (Å²) in [6.45, 7) is 2.50. The molecule has 5 rings (SSSR count). The van der Waals surface area contributed by atoms with E-state index in [-0.39, 0.29) is 11.3 Å². The maximum absolute atomic E-state index is 12.8. The highest BCUT2D eigenvalue weighted by Gasteiger charge is 2.26. The number of benzene rings is 2. The number of rotatable bonds is 2. The number of nitrogens with one attached hydrogen (secondary N) is 1. The summed E-state index contributed by atoms with van der Waals surface area (Å²) in [7, 11) is 0. The first-order chi connectivity index (χ1) is 13.0. The molecule has 0 fully saturated rings. The monoisotopic (exact) mass is 377 g/mol. The van der Waals surface area contributed by atoms with Gasteiger partial charge in [0.15, 0.2) is 5.13 Å². The third kappa shape index (κ3) is 2.35. The molecule has 0 unspecified atom stereocenters. The standard InChI is InChI=1S/C20H15N3O3S/c1-10-5-6-13-14(9-10)27-20(21-13)22-18(25)15-17(24)12-4-2-3-11-7-8-23(16(11)12)19(15)26/h2-6,9,24H,7-8H2,1H3,(H,21,22,25). The summed E-state index contributed by atoms with van der Waals surface area (Å²) in [6.07, 6.45) is 0.717. The zero-order chi connectivity index (χ0) is 18.7. The van der Waals surface area contributed by atoms with Gasteiger partial charge < -0.3 is 9.67 Å². The van der Waals surface area contributed by atoms with Gasteiger partial charge in [-0.15, -0.1) is 0 Å². The number of hydrogen-bond donors (Lipinski definition) is 2. The molecule has 2 N–H and O–H groups in total. The second-order valence-electron chi connectivity index (χ2n) is 6.69. The Kier molecular flexibility index (Phi) is 3.35. The van der Waals surface area contributed by atoms with Crippen LogP contribution in [0, 0.1) is 6.92 Å². The molecule has 134 valence electrons. The zero-order valence-corrected chi connectivity index (χ0v) is 15.3. The van der Waals surface area contributed by atoms with Gasteiger partial charge >= 0.3 is 0 Å². The normalized spacial score (nSPS) is 12.8. The van der Waals surface area contributed by atoms with Gasteiger partial charge in [-0.05, 0) is 42.7 Å². The van der Waals surface area contributed by atoms with Crippen molar-refractivity contribution in [1.29, 1.82) is 0 Å². The van der Waals surface area contributed by atoms with Gasteiger partial charge in [-0.2, -0.15) is 0 Å². The molecule has 6 nitrogen and oxygen atoms in total. The molecule has 0 bridgehead atoms. The number of aryl methyl sites for hydroxylation is 3. The van der Waals surface area contributed by atoms with Crippen molar-refractivity contribution in [1.82, 2.24) is 9.55 Å². The van der Waals surface area contributed by atoms with Gasteiger partial charge in [-0.1, -0.05) is 29.5 Å². The van der Waals surface area contributed by atoms with Crippen LogP contribution in [0.25, 0.3) is 21.1 Å². The Balaban J connectivity index is 1.61. The third-order valence-electron chi connectivity index (χ3n) is 4.94. The Morgan fingerprint density at radius 2 is 2.15 bits per heavy atom. The van der Waals surface area contributed by atoms with E-state index in [1.807, 2.05) is 37.3 Å². The van der Waals surface area contributed by atoms with Crippen LogP contribution in [0.15, 0.2) is 41.2 Å². The molecule has 27 heavy (non-hydrogen) atoms. The highest BCUT2D eigenvalue weighted by Crippen LogP contribution is 2.33.